The predicted molar refractivity (Wildman–Crippen MR) is 57.2 cm³/mol. The lowest BCUT2D eigenvalue weighted by molar-refractivity contribution is 0.451. The van der Waals surface area contributed by atoms with Crippen molar-refractivity contribution >= 4 is 0 Å². The zero-order valence-electron chi connectivity index (χ0n) is 8.98. The Labute approximate surface area is 77.4 Å². The molecule has 0 aromatic rings. The molecule has 0 aliphatic carbocycles. The quantitative estimate of drug-likeness (QED) is 0.537. The summed E-state index contributed by atoms with van der Waals surface area (Å²) < 4.78 is 0. The van der Waals surface area contributed by atoms with Crippen molar-refractivity contribution in [1.82, 2.24) is 0 Å². The highest BCUT2D eigenvalue weighted by Gasteiger charge is 2.08. The Kier molecular flexibility index (Phi) is 4.96. The lowest BCUT2D eigenvalue weighted by Gasteiger charge is -2.17. The van der Waals surface area contributed by atoms with Crippen LogP contribution in [-0.2, 0) is 0 Å². The van der Waals surface area contributed by atoms with Crippen LogP contribution in [0.15, 0.2) is 24.3 Å². The number of allylic oxidation sites excluding steroid dienone is 2. The zero-order valence-corrected chi connectivity index (χ0v) is 8.98. The van der Waals surface area contributed by atoms with Gasteiger partial charge in [-0.15, -0.1) is 6.58 Å². The highest BCUT2D eigenvalue weighted by molar-refractivity contribution is 4.96. The Balaban J connectivity index is 3.76. The van der Waals surface area contributed by atoms with Gasteiger partial charge in [0.15, 0.2) is 0 Å². The monoisotopic (exact) mass is 166 g/mol. The summed E-state index contributed by atoms with van der Waals surface area (Å²) in [4.78, 5) is 0. The molecule has 0 radical (unpaired) electrons. The van der Waals surface area contributed by atoms with Crippen LogP contribution in [0.2, 0.25) is 0 Å². The maximum absolute atomic E-state index is 3.96. The van der Waals surface area contributed by atoms with E-state index in [1.54, 1.807) is 0 Å². The van der Waals surface area contributed by atoms with Gasteiger partial charge in [0.25, 0.3) is 0 Å². The van der Waals surface area contributed by atoms with E-state index in [0.717, 1.165) is 12.3 Å². The van der Waals surface area contributed by atoms with Gasteiger partial charge >= 0.3 is 0 Å². The third-order valence-electron chi connectivity index (χ3n) is 2.29. The van der Waals surface area contributed by atoms with Crippen molar-refractivity contribution in [3.8, 4) is 0 Å². The van der Waals surface area contributed by atoms with Crippen LogP contribution < -0.4 is 0 Å². The SMILES string of the molecule is C=C(C)CC(C)CC(C)C(=C)C. The average molecular weight is 166 g/mol. The Bertz CT molecular complexity index is 165. The molecule has 0 saturated heterocycles. The molecule has 0 bridgehead atoms. The van der Waals surface area contributed by atoms with Crippen molar-refractivity contribution in [2.24, 2.45) is 11.8 Å². The molecule has 0 nitrogen and oxygen atoms in total. The fourth-order valence-corrected chi connectivity index (χ4v) is 1.48. The van der Waals surface area contributed by atoms with E-state index in [-0.39, 0.29) is 0 Å². The first kappa shape index (κ1) is 11.5. The maximum Gasteiger partial charge on any atom is -0.0234 e. The van der Waals surface area contributed by atoms with Gasteiger partial charge in [0.2, 0.25) is 0 Å². The van der Waals surface area contributed by atoms with Crippen LogP contribution in [-0.4, -0.2) is 0 Å². The summed E-state index contributed by atoms with van der Waals surface area (Å²) >= 11 is 0. The fourth-order valence-electron chi connectivity index (χ4n) is 1.48. The van der Waals surface area contributed by atoms with E-state index in [0.29, 0.717) is 5.92 Å². The van der Waals surface area contributed by atoms with Gasteiger partial charge in [-0.25, -0.2) is 0 Å². The molecular weight excluding hydrogens is 144 g/mol. The van der Waals surface area contributed by atoms with Gasteiger partial charge in [-0.1, -0.05) is 31.6 Å². The number of hydrogen-bond acceptors (Lipinski definition) is 0. The summed E-state index contributed by atoms with van der Waals surface area (Å²) in [5.74, 6) is 1.40. The largest absolute Gasteiger partial charge is 0.100 e. The molecule has 0 N–H and O–H groups in total. The Morgan fingerprint density at radius 1 is 1.17 bits per heavy atom. The second kappa shape index (κ2) is 5.18. The standard InChI is InChI=1S/C12H22/c1-9(2)7-11(5)8-12(6)10(3)4/h11-12H,1,3,7-8H2,2,4-6H3. The van der Waals surface area contributed by atoms with Gasteiger partial charge < -0.3 is 0 Å². The molecule has 0 fully saturated rings. The van der Waals surface area contributed by atoms with E-state index in [9.17, 15) is 0 Å². The molecule has 0 heteroatoms. The molecule has 70 valence electrons. The van der Waals surface area contributed by atoms with Crippen LogP contribution >= 0.6 is 0 Å². The summed E-state index contributed by atoms with van der Waals surface area (Å²) in [6, 6.07) is 0. The third kappa shape index (κ3) is 5.17. The van der Waals surface area contributed by atoms with Crippen LogP contribution in [0.4, 0.5) is 0 Å². The van der Waals surface area contributed by atoms with Crippen molar-refractivity contribution in [3.63, 3.8) is 0 Å². The van der Waals surface area contributed by atoms with Crippen molar-refractivity contribution in [3.05, 3.63) is 24.3 Å². The van der Waals surface area contributed by atoms with Crippen molar-refractivity contribution < 1.29 is 0 Å². The molecule has 0 aromatic carbocycles. The minimum Gasteiger partial charge on any atom is -0.100 e. The fraction of sp³-hybridized carbons (Fsp3) is 0.667. The molecule has 2 unspecified atom stereocenters. The maximum atomic E-state index is 3.96. The Hall–Kier alpha value is -0.520. The average Bonchev–Trinajstić information content (AvgIpc) is 1.84. The minimum atomic E-state index is 0.652. The van der Waals surface area contributed by atoms with Crippen LogP contribution in [0.5, 0.6) is 0 Å². The summed E-state index contributed by atoms with van der Waals surface area (Å²) in [5, 5.41) is 0. The van der Waals surface area contributed by atoms with Gasteiger partial charge in [-0.3, -0.25) is 0 Å². The lowest BCUT2D eigenvalue weighted by Crippen LogP contribution is -2.04. The smallest absolute Gasteiger partial charge is 0.0234 e. The predicted octanol–water partition coefficient (Wildman–Crippen LogP) is 4.19. The summed E-state index contributed by atoms with van der Waals surface area (Å²) in [5.41, 5.74) is 2.58. The molecular formula is C12H22. The van der Waals surface area contributed by atoms with Crippen LogP contribution in [0, 0.1) is 11.8 Å². The minimum absolute atomic E-state index is 0.652. The number of hydrogen-bond donors (Lipinski definition) is 0. The van der Waals surface area contributed by atoms with Gasteiger partial charge in [-0.2, -0.15) is 0 Å². The van der Waals surface area contributed by atoms with Gasteiger partial charge in [0.1, 0.15) is 0 Å². The lowest BCUT2D eigenvalue weighted by atomic mass is 9.89. The molecule has 0 aliphatic rings. The molecule has 0 spiro atoms. The molecule has 0 aromatic heterocycles. The Morgan fingerprint density at radius 2 is 1.67 bits per heavy atom. The molecule has 0 heterocycles. The number of rotatable bonds is 5. The van der Waals surface area contributed by atoms with E-state index in [4.69, 9.17) is 0 Å². The van der Waals surface area contributed by atoms with Gasteiger partial charge in [0.05, 0.1) is 0 Å². The summed E-state index contributed by atoms with van der Waals surface area (Å²) in [6.07, 6.45) is 2.39. The highest BCUT2D eigenvalue weighted by Crippen LogP contribution is 2.22. The summed E-state index contributed by atoms with van der Waals surface area (Å²) in [7, 11) is 0. The zero-order chi connectivity index (χ0) is 9.72. The van der Waals surface area contributed by atoms with E-state index >= 15 is 0 Å². The van der Waals surface area contributed by atoms with Crippen LogP contribution in [0.1, 0.15) is 40.5 Å². The van der Waals surface area contributed by atoms with Crippen molar-refractivity contribution in [1.29, 1.82) is 0 Å². The highest BCUT2D eigenvalue weighted by atomic mass is 14.1. The third-order valence-corrected chi connectivity index (χ3v) is 2.29. The van der Waals surface area contributed by atoms with E-state index in [2.05, 4.69) is 40.9 Å². The second-order valence-electron chi connectivity index (χ2n) is 4.25. The second-order valence-corrected chi connectivity index (χ2v) is 4.25. The van der Waals surface area contributed by atoms with E-state index in [1.807, 2.05) is 0 Å². The normalized spacial score (nSPS) is 15.3. The van der Waals surface area contributed by atoms with E-state index in [1.165, 1.54) is 17.6 Å². The van der Waals surface area contributed by atoms with Gasteiger partial charge in [-0.05, 0) is 38.5 Å². The topological polar surface area (TPSA) is 0 Å². The molecule has 0 saturated carbocycles. The van der Waals surface area contributed by atoms with Crippen LogP contribution in [0.25, 0.3) is 0 Å². The van der Waals surface area contributed by atoms with Gasteiger partial charge in [0, 0.05) is 0 Å². The Morgan fingerprint density at radius 3 is 2.00 bits per heavy atom. The first-order chi connectivity index (χ1) is 5.43. The summed E-state index contributed by atoms with van der Waals surface area (Å²) in [6.45, 7) is 16.6. The molecule has 0 amide bonds. The molecule has 2 atom stereocenters. The first-order valence-corrected chi connectivity index (χ1v) is 4.73. The van der Waals surface area contributed by atoms with E-state index < -0.39 is 0 Å². The first-order valence-electron chi connectivity index (χ1n) is 4.73. The molecule has 12 heavy (non-hydrogen) atoms. The van der Waals surface area contributed by atoms with Crippen LogP contribution in [0.3, 0.4) is 0 Å². The van der Waals surface area contributed by atoms with Crippen molar-refractivity contribution in [2.75, 3.05) is 0 Å². The van der Waals surface area contributed by atoms with Crippen molar-refractivity contribution in [2.45, 2.75) is 40.5 Å². The molecule has 0 aliphatic heterocycles. The molecule has 0 rings (SSSR count).